The smallest absolute Gasteiger partial charge is 0.237 e. The number of pyridine rings is 1. The zero-order chi connectivity index (χ0) is 15.4. The summed E-state index contributed by atoms with van der Waals surface area (Å²) in [5.41, 5.74) is 2.72. The molecule has 0 spiro atoms. The molecule has 1 N–H and O–H groups in total. The zero-order valence-electron chi connectivity index (χ0n) is 12.2. The van der Waals surface area contributed by atoms with Crippen LogP contribution in [0.4, 0.5) is 5.69 Å². The molecule has 0 aliphatic carbocycles. The van der Waals surface area contributed by atoms with Gasteiger partial charge < -0.3 is 5.32 Å². The first-order valence-electron chi connectivity index (χ1n) is 6.62. The van der Waals surface area contributed by atoms with Gasteiger partial charge in [-0.05, 0) is 50.1 Å². The fourth-order valence-corrected chi connectivity index (χ4v) is 2.70. The zero-order valence-corrected chi connectivity index (χ0v) is 13.8. The molecular formula is C16H17ClN2OS. The Labute approximate surface area is 134 Å². The third kappa shape index (κ3) is 4.22. The lowest BCUT2D eigenvalue weighted by atomic mass is 10.2. The number of nitrogens with one attached hydrogen (secondary N) is 1. The van der Waals surface area contributed by atoms with Crippen LogP contribution in [0.3, 0.4) is 0 Å². The van der Waals surface area contributed by atoms with E-state index in [2.05, 4.69) is 10.3 Å². The third-order valence-corrected chi connectivity index (χ3v) is 4.54. The summed E-state index contributed by atoms with van der Waals surface area (Å²) < 4.78 is 0. The third-order valence-electron chi connectivity index (χ3n) is 3.08. The van der Waals surface area contributed by atoms with Crippen LogP contribution in [0.2, 0.25) is 5.02 Å². The minimum absolute atomic E-state index is 0.0623. The normalized spacial score (nSPS) is 12.0. The van der Waals surface area contributed by atoms with E-state index in [-0.39, 0.29) is 11.2 Å². The number of rotatable bonds is 4. The number of nitrogens with zero attached hydrogens (tertiary/aromatic N) is 1. The van der Waals surface area contributed by atoms with Crippen LogP contribution in [-0.4, -0.2) is 16.1 Å². The molecule has 1 atom stereocenters. The second kappa shape index (κ2) is 6.96. The van der Waals surface area contributed by atoms with Crippen LogP contribution >= 0.6 is 23.4 Å². The first-order valence-corrected chi connectivity index (χ1v) is 7.88. The molecule has 0 bridgehead atoms. The minimum Gasteiger partial charge on any atom is -0.325 e. The van der Waals surface area contributed by atoms with Crippen LogP contribution in [-0.2, 0) is 4.79 Å². The van der Waals surface area contributed by atoms with Crippen LogP contribution in [0.15, 0.2) is 41.6 Å². The molecule has 2 rings (SSSR count). The number of hydrogen-bond donors (Lipinski definition) is 1. The molecular weight excluding hydrogens is 304 g/mol. The van der Waals surface area contributed by atoms with Crippen molar-refractivity contribution in [1.29, 1.82) is 0 Å². The van der Waals surface area contributed by atoms with E-state index < -0.39 is 0 Å². The molecule has 110 valence electrons. The van der Waals surface area contributed by atoms with Gasteiger partial charge in [-0.2, -0.15) is 0 Å². The lowest BCUT2D eigenvalue weighted by molar-refractivity contribution is -0.115. The van der Waals surface area contributed by atoms with Crippen molar-refractivity contribution in [3.63, 3.8) is 0 Å². The second-order valence-corrected chi connectivity index (χ2v) is 6.60. The van der Waals surface area contributed by atoms with Gasteiger partial charge in [0.1, 0.15) is 0 Å². The Morgan fingerprint density at radius 1 is 1.29 bits per heavy atom. The van der Waals surface area contributed by atoms with Gasteiger partial charge in [0.2, 0.25) is 5.91 Å². The highest BCUT2D eigenvalue weighted by atomic mass is 35.5. The molecule has 5 heteroatoms. The SMILES string of the molecule is Cc1ccc(SC(C)C(=O)Nc2cccc(Cl)c2C)nc1. The number of hydrogen-bond acceptors (Lipinski definition) is 3. The largest absolute Gasteiger partial charge is 0.325 e. The number of aromatic nitrogens is 1. The van der Waals surface area contributed by atoms with Crippen LogP contribution in [0, 0.1) is 13.8 Å². The molecule has 1 heterocycles. The molecule has 0 aliphatic rings. The highest BCUT2D eigenvalue weighted by Gasteiger charge is 2.16. The lowest BCUT2D eigenvalue weighted by Gasteiger charge is -2.13. The van der Waals surface area contributed by atoms with Gasteiger partial charge >= 0.3 is 0 Å². The summed E-state index contributed by atoms with van der Waals surface area (Å²) in [7, 11) is 0. The van der Waals surface area contributed by atoms with E-state index in [0.717, 1.165) is 21.8 Å². The first kappa shape index (κ1) is 15.9. The van der Waals surface area contributed by atoms with Gasteiger partial charge in [0, 0.05) is 16.9 Å². The molecule has 2 aromatic rings. The van der Waals surface area contributed by atoms with Crippen molar-refractivity contribution in [3.8, 4) is 0 Å². The Kier molecular flexibility index (Phi) is 5.26. The maximum atomic E-state index is 12.2. The Bertz CT molecular complexity index is 643. The molecule has 21 heavy (non-hydrogen) atoms. The maximum Gasteiger partial charge on any atom is 0.237 e. The van der Waals surface area contributed by atoms with E-state index in [1.165, 1.54) is 11.8 Å². The molecule has 0 aliphatic heterocycles. The van der Waals surface area contributed by atoms with Crippen molar-refractivity contribution in [1.82, 2.24) is 4.98 Å². The van der Waals surface area contributed by atoms with Gasteiger partial charge in [-0.1, -0.05) is 35.5 Å². The average molecular weight is 321 g/mol. The molecule has 1 unspecified atom stereocenters. The standard InChI is InChI=1S/C16H17ClN2OS/c1-10-7-8-15(18-9-10)21-12(3)16(20)19-14-6-4-5-13(17)11(14)2/h4-9,12H,1-3H3,(H,19,20). The first-order chi connectivity index (χ1) is 9.97. The molecule has 0 saturated heterocycles. The average Bonchev–Trinajstić information content (AvgIpc) is 2.46. The number of amides is 1. The van der Waals surface area contributed by atoms with Gasteiger partial charge in [0.25, 0.3) is 0 Å². The predicted octanol–water partition coefficient (Wildman–Crippen LogP) is 4.47. The lowest BCUT2D eigenvalue weighted by Crippen LogP contribution is -2.23. The van der Waals surface area contributed by atoms with Crippen molar-refractivity contribution in [2.45, 2.75) is 31.0 Å². The van der Waals surface area contributed by atoms with Crippen molar-refractivity contribution >= 4 is 35.0 Å². The number of aryl methyl sites for hydroxylation is 1. The second-order valence-electron chi connectivity index (χ2n) is 4.84. The van der Waals surface area contributed by atoms with Crippen LogP contribution in [0.1, 0.15) is 18.1 Å². The summed E-state index contributed by atoms with van der Waals surface area (Å²) in [6.07, 6.45) is 1.80. The highest BCUT2D eigenvalue weighted by molar-refractivity contribution is 8.00. The molecule has 1 aromatic carbocycles. The van der Waals surface area contributed by atoms with E-state index in [1.54, 1.807) is 12.3 Å². The Hall–Kier alpha value is -1.52. The van der Waals surface area contributed by atoms with E-state index in [1.807, 2.05) is 45.0 Å². The number of benzene rings is 1. The van der Waals surface area contributed by atoms with Gasteiger partial charge in [-0.25, -0.2) is 4.98 Å². The summed E-state index contributed by atoms with van der Waals surface area (Å²) in [6.45, 7) is 5.73. The molecule has 3 nitrogen and oxygen atoms in total. The summed E-state index contributed by atoms with van der Waals surface area (Å²) in [4.78, 5) is 16.5. The van der Waals surface area contributed by atoms with Crippen LogP contribution in [0.5, 0.6) is 0 Å². The van der Waals surface area contributed by atoms with Crippen molar-refractivity contribution in [3.05, 3.63) is 52.7 Å². The molecule has 0 radical (unpaired) electrons. The van der Waals surface area contributed by atoms with Crippen molar-refractivity contribution < 1.29 is 4.79 Å². The molecule has 1 aromatic heterocycles. The van der Waals surface area contributed by atoms with E-state index in [0.29, 0.717) is 5.02 Å². The van der Waals surface area contributed by atoms with Crippen LogP contribution < -0.4 is 5.32 Å². The van der Waals surface area contributed by atoms with Crippen molar-refractivity contribution in [2.75, 3.05) is 5.32 Å². The quantitative estimate of drug-likeness (QED) is 0.845. The van der Waals surface area contributed by atoms with Gasteiger partial charge in [0.15, 0.2) is 0 Å². The highest BCUT2D eigenvalue weighted by Crippen LogP contribution is 2.25. The molecule has 1 amide bonds. The Balaban J connectivity index is 2.02. The minimum atomic E-state index is -0.237. The monoisotopic (exact) mass is 320 g/mol. The molecule has 0 saturated carbocycles. The van der Waals surface area contributed by atoms with E-state index in [9.17, 15) is 4.79 Å². The van der Waals surface area contributed by atoms with Gasteiger partial charge in [-0.3, -0.25) is 4.79 Å². The predicted molar refractivity (Wildman–Crippen MR) is 89.1 cm³/mol. The summed E-state index contributed by atoms with van der Waals surface area (Å²) >= 11 is 7.49. The number of anilines is 1. The Morgan fingerprint density at radius 2 is 2.05 bits per heavy atom. The van der Waals surface area contributed by atoms with Gasteiger partial charge in [-0.15, -0.1) is 0 Å². The summed E-state index contributed by atoms with van der Waals surface area (Å²) in [5.74, 6) is -0.0623. The number of halogens is 1. The number of carbonyl (C=O) groups excluding carboxylic acids is 1. The Morgan fingerprint density at radius 3 is 2.71 bits per heavy atom. The fraction of sp³-hybridized carbons (Fsp3) is 0.250. The number of carbonyl (C=O) groups is 1. The topological polar surface area (TPSA) is 42.0 Å². The van der Waals surface area contributed by atoms with Crippen LogP contribution in [0.25, 0.3) is 0 Å². The fourth-order valence-electron chi connectivity index (χ4n) is 1.74. The number of thioether (sulfide) groups is 1. The summed E-state index contributed by atoms with van der Waals surface area (Å²) in [5, 5.41) is 4.16. The van der Waals surface area contributed by atoms with Gasteiger partial charge in [0.05, 0.1) is 10.3 Å². The molecule has 0 fully saturated rings. The van der Waals surface area contributed by atoms with Crippen molar-refractivity contribution in [2.24, 2.45) is 0 Å². The van der Waals surface area contributed by atoms with E-state index in [4.69, 9.17) is 11.6 Å². The van der Waals surface area contributed by atoms with E-state index >= 15 is 0 Å². The summed E-state index contributed by atoms with van der Waals surface area (Å²) in [6, 6.07) is 9.39. The maximum absolute atomic E-state index is 12.2.